The van der Waals surface area contributed by atoms with Gasteiger partial charge in [0.05, 0.1) is 11.1 Å². The van der Waals surface area contributed by atoms with Gasteiger partial charge in [0.1, 0.15) is 11.9 Å². The summed E-state index contributed by atoms with van der Waals surface area (Å²) in [5.74, 6) is 0.626. The summed E-state index contributed by atoms with van der Waals surface area (Å²) in [7, 11) is 1.85. The van der Waals surface area contributed by atoms with Crippen molar-refractivity contribution < 1.29 is 9.84 Å². The maximum atomic E-state index is 9.81. The van der Waals surface area contributed by atoms with Gasteiger partial charge in [-0.2, -0.15) is 0 Å². The van der Waals surface area contributed by atoms with E-state index in [0.29, 0.717) is 22.3 Å². The first-order chi connectivity index (χ1) is 8.61. The van der Waals surface area contributed by atoms with Gasteiger partial charge in [-0.25, -0.2) is 0 Å². The molecular formula is C13H17Cl2NO2. The van der Waals surface area contributed by atoms with E-state index >= 15 is 0 Å². The molecule has 2 rings (SSSR count). The topological polar surface area (TPSA) is 41.5 Å². The number of aliphatic hydroxyl groups excluding tert-OH is 1. The average molecular weight is 290 g/mol. The zero-order valence-corrected chi connectivity index (χ0v) is 11.8. The molecule has 1 aliphatic rings. The number of ether oxygens (including phenoxy) is 1. The largest absolute Gasteiger partial charge is 0.486 e. The molecule has 0 radical (unpaired) electrons. The van der Waals surface area contributed by atoms with Crippen LogP contribution in [-0.2, 0) is 6.54 Å². The van der Waals surface area contributed by atoms with E-state index in [0.717, 1.165) is 24.8 Å². The van der Waals surface area contributed by atoms with E-state index in [1.807, 2.05) is 13.1 Å². The van der Waals surface area contributed by atoms with E-state index in [1.165, 1.54) is 0 Å². The molecule has 5 heteroatoms. The summed E-state index contributed by atoms with van der Waals surface area (Å²) in [6, 6.07) is 3.50. The summed E-state index contributed by atoms with van der Waals surface area (Å²) < 4.78 is 5.88. The highest BCUT2D eigenvalue weighted by Gasteiger charge is 2.28. The number of hydrogen-bond donors (Lipinski definition) is 2. The van der Waals surface area contributed by atoms with Gasteiger partial charge in [-0.1, -0.05) is 23.2 Å². The van der Waals surface area contributed by atoms with Crippen LogP contribution in [0.1, 0.15) is 24.8 Å². The maximum absolute atomic E-state index is 9.81. The Morgan fingerprint density at radius 3 is 2.78 bits per heavy atom. The molecule has 0 bridgehead atoms. The van der Waals surface area contributed by atoms with E-state index in [-0.39, 0.29) is 6.10 Å². The molecule has 0 heterocycles. The predicted octanol–water partition coefficient (Wildman–Crippen LogP) is 3.01. The van der Waals surface area contributed by atoms with Gasteiger partial charge in [-0.15, -0.1) is 0 Å². The molecule has 1 fully saturated rings. The smallest absolute Gasteiger partial charge is 0.143 e. The fraction of sp³-hybridized carbons (Fsp3) is 0.538. The zero-order chi connectivity index (χ0) is 13.1. The number of benzene rings is 1. The highest BCUT2D eigenvalue weighted by molar-refractivity contribution is 6.35. The predicted molar refractivity (Wildman–Crippen MR) is 73.5 cm³/mol. The SMILES string of the molecule is CNCc1cc(Cl)cc(Cl)c1OC1CCCC1O. The van der Waals surface area contributed by atoms with Crippen molar-refractivity contribution in [2.75, 3.05) is 7.05 Å². The quantitative estimate of drug-likeness (QED) is 0.895. The third-order valence-corrected chi connectivity index (χ3v) is 3.64. The van der Waals surface area contributed by atoms with Gasteiger partial charge in [-0.3, -0.25) is 0 Å². The van der Waals surface area contributed by atoms with Gasteiger partial charge in [0, 0.05) is 17.1 Å². The molecule has 0 spiro atoms. The van der Waals surface area contributed by atoms with Crippen LogP contribution in [0, 0.1) is 0 Å². The summed E-state index contributed by atoms with van der Waals surface area (Å²) in [6.45, 7) is 0.623. The minimum atomic E-state index is -0.404. The molecule has 2 N–H and O–H groups in total. The second kappa shape index (κ2) is 6.11. The van der Waals surface area contributed by atoms with E-state index in [9.17, 15) is 5.11 Å². The minimum Gasteiger partial charge on any atom is -0.486 e. The highest BCUT2D eigenvalue weighted by atomic mass is 35.5. The van der Waals surface area contributed by atoms with Crippen molar-refractivity contribution in [2.45, 2.75) is 38.0 Å². The molecule has 1 aliphatic carbocycles. The van der Waals surface area contributed by atoms with Crippen molar-refractivity contribution in [1.29, 1.82) is 0 Å². The maximum Gasteiger partial charge on any atom is 0.143 e. The van der Waals surface area contributed by atoms with Crippen molar-refractivity contribution in [2.24, 2.45) is 0 Å². The van der Waals surface area contributed by atoms with Gasteiger partial charge in [0.15, 0.2) is 0 Å². The van der Waals surface area contributed by atoms with Crippen LogP contribution < -0.4 is 10.1 Å². The molecule has 0 aliphatic heterocycles. The minimum absolute atomic E-state index is 0.167. The summed E-state index contributed by atoms with van der Waals surface area (Å²) in [5, 5.41) is 13.9. The van der Waals surface area contributed by atoms with E-state index in [2.05, 4.69) is 5.32 Å². The highest BCUT2D eigenvalue weighted by Crippen LogP contribution is 2.35. The van der Waals surface area contributed by atoms with E-state index < -0.39 is 6.10 Å². The Bertz CT molecular complexity index is 426. The Labute approximate surface area is 117 Å². The summed E-state index contributed by atoms with van der Waals surface area (Å²) >= 11 is 12.2. The second-order valence-electron chi connectivity index (χ2n) is 4.56. The van der Waals surface area contributed by atoms with Gasteiger partial charge >= 0.3 is 0 Å². The third-order valence-electron chi connectivity index (χ3n) is 3.14. The number of rotatable bonds is 4. The lowest BCUT2D eigenvalue weighted by atomic mass is 10.2. The van der Waals surface area contributed by atoms with E-state index in [1.54, 1.807) is 6.07 Å². The Balaban J connectivity index is 2.24. The lowest BCUT2D eigenvalue weighted by molar-refractivity contribution is 0.0598. The van der Waals surface area contributed by atoms with Crippen molar-refractivity contribution >= 4 is 23.2 Å². The van der Waals surface area contributed by atoms with Crippen LogP contribution in [0.5, 0.6) is 5.75 Å². The molecule has 1 aromatic carbocycles. The van der Waals surface area contributed by atoms with Crippen molar-refractivity contribution in [3.8, 4) is 5.75 Å². The Kier molecular flexibility index (Phi) is 4.73. The second-order valence-corrected chi connectivity index (χ2v) is 5.40. The lowest BCUT2D eigenvalue weighted by Gasteiger charge is -2.20. The molecule has 100 valence electrons. The van der Waals surface area contributed by atoms with Gasteiger partial charge in [-0.05, 0) is 38.4 Å². The number of hydrogen-bond acceptors (Lipinski definition) is 3. The van der Waals surface area contributed by atoms with Gasteiger partial charge < -0.3 is 15.2 Å². The van der Waals surface area contributed by atoms with E-state index in [4.69, 9.17) is 27.9 Å². The molecule has 3 nitrogen and oxygen atoms in total. The fourth-order valence-corrected chi connectivity index (χ4v) is 2.84. The molecule has 2 unspecified atom stereocenters. The lowest BCUT2D eigenvalue weighted by Crippen LogP contribution is -2.26. The summed E-state index contributed by atoms with van der Waals surface area (Å²) in [5.41, 5.74) is 0.911. The fourth-order valence-electron chi connectivity index (χ4n) is 2.26. The summed E-state index contributed by atoms with van der Waals surface area (Å²) in [6.07, 6.45) is 2.06. The first-order valence-corrected chi connectivity index (χ1v) is 6.84. The van der Waals surface area contributed by atoms with Crippen LogP contribution in [0.3, 0.4) is 0 Å². The van der Waals surface area contributed by atoms with Crippen molar-refractivity contribution in [3.05, 3.63) is 27.7 Å². The Morgan fingerprint density at radius 1 is 1.39 bits per heavy atom. The molecule has 0 saturated heterocycles. The molecule has 0 amide bonds. The standard InChI is InChI=1S/C13H17Cl2NO2/c1-16-7-8-5-9(14)6-10(15)13(8)18-12-4-2-3-11(12)17/h5-6,11-12,16-17H,2-4,7H2,1H3. The number of aliphatic hydroxyl groups is 1. The van der Waals surface area contributed by atoms with Crippen molar-refractivity contribution in [1.82, 2.24) is 5.32 Å². The average Bonchev–Trinajstić information content (AvgIpc) is 2.69. The summed E-state index contributed by atoms with van der Waals surface area (Å²) in [4.78, 5) is 0. The third kappa shape index (κ3) is 3.09. The van der Waals surface area contributed by atoms with Gasteiger partial charge in [0.2, 0.25) is 0 Å². The van der Waals surface area contributed by atoms with Crippen LogP contribution in [0.2, 0.25) is 10.0 Å². The van der Waals surface area contributed by atoms with Crippen LogP contribution in [0.4, 0.5) is 0 Å². The molecule has 0 aromatic heterocycles. The molecule has 2 atom stereocenters. The van der Waals surface area contributed by atoms with Crippen LogP contribution in [-0.4, -0.2) is 24.4 Å². The Hall–Kier alpha value is -0.480. The molecule has 1 saturated carbocycles. The van der Waals surface area contributed by atoms with Crippen LogP contribution in [0.15, 0.2) is 12.1 Å². The van der Waals surface area contributed by atoms with Crippen molar-refractivity contribution in [3.63, 3.8) is 0 Å². The zero-order valence-electron chi connectivity index (χ0n) is 10.2. The van der Waals surface area contributed by atoms with Gasteiger partial charge in [0.25, 0.3) is 0 Å². The number of nitrogens with one attached hydrogen (secondary N) is 1. The van der Waals surface area contributed by atoms with Crippen LogP contribution in [0.25, 0.3) is 0 Å². The first kappa shape index (κ1) is 13.9. The number of halogens is 2. The Morgan fingerprint density at radius 2 is 2.17 bits per heavy atom. The molecular weight excluding hydrogens is 273 g/mol. The molecule has 1 aromatic rings. The first-order valence-electron chi connectivity index (χ1n) is 6.09. The molecule has 18 heavy (non-hydrogen) atoms. The normalized spacial score (nSPS) is 23.3. The van der Waals surface area contributed by atoms with Crippen LogP contribution >= 0.6 is 23.2 Å². The monoisotopic (exact) mass is 289 g/mol.